The quantitative estimate of drug-likeness (QED) is 0.890. The molecule has 1 aliphatic carbocycles. The second-order valence-corrected chi connectivity index (χ2v) is 5.79. The van der Waals surface area contributed by atoms with Crippen molar-refractivity contribution < 1.29 is 4.74 Å². The molecule has 0 radical (unpaired) electrons. The zero-order valence-electron chi connectivity index (χ0n) is 10.7. The lowest BCUT2D eigenvalue weighted by Gasteiger charge is -2.30. The summed E-state index contributed by atoms with van der Waals surface area (Å²) in [6, 6.07) is 8.05. The maximum Gasteiger partial charge on any atom is 0.138 e. The van der Waals surface area contributed by atoms with Gasteiger partial charge >= 0.3 is 0 Å². The van der Waals surface area contributed by atoms with E-state index in [-0.39, 0.29) is 11.5 Å². The number of para-hydroxylation sites is 1. The third-order valence-electron chi connectivity index (χ3n) is 3.71. The number of rotatable bonds is 3. The number of hydrogen-bond donors (Lipinski definition) is 1. The highest BCUT2D eigenvalue weighted by Gasteiger charge is 2.42. The summed E-state index contributed by atoms with van der Waals surface area (Å²) in [4.78, 5) is 0. The fourth-order valence-corrected chi connectivity index (χ4v) is 2.93. The Hall–Kier alpha value is -0.730. The van der Waals surface area contributed by atoms with Crippen LogP contribution < -0.4 is 10.1 Å². The number of halogens is 1. The molecule has 3 heteroatoms. The minimum Gasteiger partial charge on any atom is -0.487 e. The van der Waals surface area contributed by atoms with Gasteiger partial charge in [0, 0.05) is 6.04 Å². The molecule has 17 heavy (non-hydrogen) atoms. The first-order valence-corrected chi connectivity index (χ1v) is 6.51. The lowest BCUT2D eigenvalue weighted by molar-refractivity contribution is 0.146. The maximum absolute atomic E-state index is 6.12. The highest BCUT2D eigenvalue weighted by molar-refractivity contribution is 6.32. The van der Waals surface area contributed by atoms with Crippen molar-refractivity contribution in [2.75, 3.05) is 7.05 Å². The highest BCUT2D eigenvalue weighted by Crippen LogP contribution is 2.40. The van der Waals surface area contributed by atoms with Gasteiger partial charge in [0.1, 0.15) is 11.9 Å². The third kappa shape index (κ3) is 2.58. The molecule has 1 aliphatic rings. The monoisotopic (exact) mass is 253 g/mol. The zero-order valence-corrected chi connectivity index (χ0v) is 11.4. The van der Waals surface area contributed by atoms with Gasteiger partial charge < -0.3 is 10.1 Å². The molecule has 2 rings (SSSR count). The van der Waals surface area contributed by atoms with Crippen LogP contribution >= 0.6 is 11.6 Å². The molecule has 94 valence electrons. The summed E-state index contributed by atoms with van der Waals surface area (Å²) in [5.74, 6) is 0.789. The number of benzene rings is 1. The predicted octanol–water partition coefficient (Wildman–Crippen LogP) is 3.50. The Bertz CT molecular complexity index is 392. The fourth-order valence-electron chi connectivity index (χ4n) is 2.75. The summed E-state index contributed by atoms with van der Waals surface area (Å²) in [5, 5.41) is 4.06. The Morgan fingerprint density at radius 1 is 1.35 bits per heavy atom. The van der Waals surface area contributed by atoms with Crippen molar-refractivity contribution in [2.45, 2.75) is 38.8 Å². The molecule has 2 unspecified atom stereocenters. The Morgan fingerprint density at radius 3 is 2.71 bits per heavy atom. The Kier molecular flexibility index (Phi) is 3.64. The Balaban J connectivity index is 2.12. The zero-order chi connectivity index (χ0) is 12.5. The van der Waals surface area contributed by atoms with E-state index in [4.69, 9.17) is 16.3 Å². The summed E-state index contributed by atoms with van der Waals surface area (Å²) >= 11 is 6.12. The van der Waals surface area contributed by atoms with Gasteiger partial charge in [-0.25, -0.2) is 0 Å². The standard InChI is InChI=1S/C14H20ClNO/c1-14(2)9-8-12(13(14)16-3)17-11-7-5-4-6-10(11)15/h4-7,12-13,16H,8-9H2,1-3H3. The van der Waals surface area contributed by atoms with Crippen molar-refractivity contribution in [2.24, 2.45) is 5.41 Å². The second kappa shape index (κ2) is 4.87. The Morgan fingerprint density at radius 2 is 2.06 bits per heavy atom. The molecule has 1 aromatic rings. The van der Waals surface area contributed by atoms with Crippen molar-refractivity contribution in [3.63, 3.8) is 0 Å². The summed E-state index contributed by atoms with van der Waals surface area (Å²) < 4.78 is 6.05. The largest absolute Gasteiger partial charge is 0.487 e. The lowest BCUT2D eigenvalue weighted by Crippen LogP contribution is -2.44. The van der Waals surface area contributed by atoms with Crippen molar-refractivity contribution >= 4 is 11.6 Å². The number of likely N-dealkylation sites (N-methyl/N-ethyl adjacent to an activating group) is 1. The van der Waals surface area contributed by atoms with E-state index in [1.165, 1.54) is 6.42 Å². The first-order chi connectivity index (χ1) is 8.04. The van der Waals surface area contributed by atoms with Gasteiger partial charge in [0.05, 0.1) is 5.02 Å². The highest BCUT2D eigenvalue weighted by atomic mass is 35.5. The molecule has 1 N–H and O–H groups in total. The van der Waals surface area contributed by atoms with Crippen LogP contribution in [0.3, 0.4) is 0 Å². The molecule has 0 heterocycles. The van der Waals surface area contributed by atoms with Gasteiger partial charge in [-0.05, 0) is 37.4 Å². The van der Waals surface area contributed by atoms with Crippen molar-refractivity contribution in [1.29, 1.82) is 0 Å². The molecule has 0 amide bonds. The molecule has 0 bridgehead atoms. The van der Waals surface area contributed by atoms with Gasteiger partial charge in [0.2, 0.25) is 0 Å². The van der Waals surface area contributed by atoms with E-state index in [1.54, 1.807) is 0 Å². The normalized spacial score (nSPS) is 27.1. The van der Waals surface area contributed by atoms with Crippen molar-refractivity contribution in [3.8, 4) is 5.75 Å². The molecule has 2 atom stereocenters. The average Bonchev–Trinajstić information content (AvgIpc) is 2.57. The van der Waals surface area contributed by atoms with Crippen molar-refractivity contribution in [1.82, 2.24) is 5.32 Å². The van der Waals surface area contributed by atoms with Crippen LogP contribution in [0, 0.1) is 5.41 Å². The van der Waals surface area contributed by atoms with E-state index in [9.17, 15) is 0 Å². The third-order valence-corrected chi connectivity index (χ3v) is 4.03. The van der Waals surface area contributed by atoms with Crippen LogP contribution in [0.25, 0.3) is 0 Å². The van der Waals surface area contributed by atoms with Crippen LogP contribution in [-0.4, -0.2) is 19.2 Å². The topological polar surface area (TPSA) is 21.3 Å². The number of hydrogen-bond acceptors (Lipinski definition) is 2. The maximum atomic E-state index is 6.12. The minimum atomic E-state index is 0.204. The van der Waals surface area contributed by atoms with Crippen molar-refractivity contribution in [3.05, 3.63) is 29.3 Å². The molecular formula is C14H20ClNO. The first kappa shape index (κ1) is 12.7. The first-order valence-electron chi connectivity index (χ1n) is 6.13. The van der Waals surface area contributed by atoms with Gasteiger partial charge in [-0.2, -0.15) is 0 Å². The van der Waals surface area contributed by atoms with E-state index in [2.05, 4.69) is 19.2 Å². The molecule has 2 nitrogen and oxygen atoms in total. The molecule has 0 aliphatic heterocycles. The van der Waals surface area contributed by atoms with E-state index in [1.807, 2.05) is 31.3 Å². The van der Waals surface area contributed by atoms with Gasteiger partial charge in [-0.1, -0.05) is 37.6 Å². The molecule has 1 saturated carbocycles. The second-order valence-electron chi connectivity index (χ2n) is 5.38. The molecule has 0 spiro atoms. The van der Waals surface area contributed by atoms with Crippen LogP contribution in [0.1, 0.15) is 26.7 Å². The van der Waals surface area contributed by atoms with Crippen LogP contribution in [0.2, 0.25) is 5.02 Å². The minimum absolute atomic E-state index is 0.204. The van der Waals surface area contributed by atoms with Gasteiger partial charge in [0.25, 0.3) is 0 Å². The predicted molar refractivity (Wildman–Crippen MR) is 71.7 cm³/mol. The fraction of sp³-hybridized carbons (Fsp3) is 0.571. The number of nitrogens with one attached hydrogen (secondary N) is 1. The smallest absolute Gasteiger partial charge is 0.138 e. The summed E-state index contributed by atoms with van der Waals surface area (Å²) in [5.41, 5.74) is 0.278. The van der Waals surface area contributed by atoms with E-state index in [0.29, 0.717) is 11.1 Å². The lowest BCUT2D eigenvalue weighted by atomic mass is 9.87. The molecular weight excluding hydrogens is 234 g/mol. The summed E-state index contributed by atoms with van der Waals surface area (Å²) in [6.45, 7) is 4.56. The summed E-state index contributed by atoms with van der Waals surface area (Å²) in [6.07, 6.45) is 2.45. The number of ether oxygens (including phenoxy) is 1. The van der Waals surface area contributed by atoms with Crippen LogP contribution in [0.4, 0.5) is 0 Å². The molecule has 0 aromatic heterocycles. The van der Waals surface area contributed by atoms with Gasteiger partial charge in [-0.3, -0.25) is 0 Å². The van der Waals surface area contributed by atoms with Gasteiger partial charge in [0.15, 0.2) is 0 Å². The summed E-state index contributed by atoms with van der Waals surface area (Å²) in [7, 11) is 2.00. The SMILES string of the molecule is CNC1C(Oc2ccccc2Cl)CCC1(C)C. The van der Waals surface area contributed by atoms with E-state index in [0.717, 1.165) is 12.2 Å². The van der Waals surface area contributed by atoms with E-state index < -0.39 is 0 Å². The van der Waals surface area contributed by atoms with Crippen LogP contribution in [0.15, 0.2) is 24.3 Å². The average molecular weight is 254 g/mol. The van der Waals surface area contributed by atoms with Gasteiger partial charge in [-0.15, -0.1) is 0 Å². The Labute approximate surface area is 108 Å². The van der Waals surface area contributed by atoms with Crippen LogP contribution in [-0.2, 0) is 0 Å². The van der Waals surface area contributed by atoms with E-state index >= 15 is 0 Å². The molecule has 0 saturated heterocycles. The molecule has 1 fully saturated rings. The molecule has 1 aromatic carbocycles. The van der Waals surface area contributed by atoms with Crippen LogP contribution in [0.5, 0.6) is 5.75 Å².